The lowest BCUT2D eigenvalue weighted by Gasteiger charge is -2.35. The van der Waals surface area contributed by atoms with E-state index in [1.807, 2.05) is 37.4 Å². The van der Waals surface area contributed by atoms with Crippen molar-refractivity contribution >= 4 is 39.4 Å². The minimum atomic E-state index is -0.171. The third-order valence-corrected chi connectivity index (χ3v) is 9.47. The Morgan fingerprint density at radius 3 is 2.57 bits per heavy atom. The van der Waals surface area contributed by atoms with E-state index in [4.69, 9.17) is 19.2 Å². The lowest BCUT2D eigenvalue weighted by molar-refractivity contribution is -0.121. The molecule has 2 aromatic carbocycles. The molecule has 0 spiro atoms. The summed E-state index contributed by atoms with van der Waals surface area (Å²) in [7, 11) is 6.69. The van der Waals surface area contributed by atoms with Crippen LogP contribution in [-0.2, 0) is 18.4 Å². The number of methoxy groups -OCH3 is 3. The standard InChI is InChI=1S/C35H45N7O5/c1-6-40-16-17-41(35(44)31-25-11-7-8-12-28(25)39(2)38-31)15-13-30(43)36-20-23-10-9-14-42(21-23)34-24(22-40)18-26-27(37-34)19-29(45-3)33(47-5)32(26)46-4/h7-8,11-12,18-19,23H,6,9-10,13-17,20-22H2,1-5H3,(H,36,43). The highest BCUT2D eigenvalue weighted by Crippen LogP contribution is 2.44. The van der Waals surface area contributed by atoms with Gasteiger partial charge in [0.2, 0.25) is 11.7 Å². The molecular weight excluding hydrogens is 598 g/mol. The van der Waals surface area contributed by atoms with E-state index in [0.717, 1.165) is 65.7 Å². The molecule has 47 heavy (non-hydrogen) atoms. The van der Waals surface area contributed by atoms with Crippen LogP contribution in [0.25, 0.3) is 21.8 Å². The van der Waals surface area contributed by atoms with Crippen LogP contribution >= 0.6 is 0 Å². The van der Waals surface area contributed by atoms with Crippen molar-refractivity contribution in [1.82, 2.24) is 29.9 Å². The smallest absolute Gasteiger partial charge is 0.275 e. The number of aryl methyl sites for hydroxylation is 1. The van der Waals surface area contributed by atoms with Crippen molar-refractivity contribution in [3.8, 4) is 17.2 Å². The summed E-state index contributed by atoms with van der Waals surface area (Å²) >= 11 is 0. The van der Waals surface area contributed by atoms with E-state index in [1.54, 1.807) is 30.9 Å². The van der Waals surface area contributed by atoms with Gasteiger partial charge in [-0.15, -0.1) is 0 Å². The number of para-hydroxylation sites is 1. The maximum absolute atomic E-state index is 14.0. The van der Waals surface area contributed by atoms with Crippen LogP contribution in [0, 0.1) is 5.92 Å². The number of ether oxygens (including phenoxy) is 3. The minimum absolute atomic E-state index is 0.0503. The predicted molar refractivity (Wildman–Crippen MR) is 182 cm³/mol. The van der Waals surface area contributed by atoms with Crippen molar-refractivity contribution in [3.05, 3.63) is 47.7 Å². The molecule has 1 saturated heterocycles. The highest BCUT2D eigenvalue weighted by Gasteiger charge is 2.28. The number of hydrogen-bond acceptors (Lipinski definition) is 9. The third-order valence-electron chi connectivity index (χ3n) is 9.47. The molecule has 12 nitrogen and oxygen atoms in total. The number of piperidine rings is 1. The summed E-state index contributed by atoms with van der Waals surface area (Å²) in [6, 6.07) is 11.8. The van der Waals surface area contributed by atoms with Crippen molar-refractivity contribution in [2.45, 2.75) is 32.7 Å². The van der Waals surface area contributed by atoms with Crippen molar-refractivity contribution < 1.29 is 23.8 Å². The Hall–Kier alpha value is -4.58. The van der Waals surface area contributed by atoms with Crippen LogP contribution in [0.1, 0.15) is 42.2 Å². The molecule has 0 radical (unpaired) electrons. The number of likely N-dealkylation sites (N-methyl/N-ethyl adjacent to an activating group) is 1. The van der Waals surface area contributed by atoms with E-state index in [9.17, 15) is 9.59 Å². The Labute approximate surface area is 275 Å². The number of fused-ring (bicyclic) bond motifs is 6. The maximum Gasteiger partial charge on any atom is 0.275 e. The fourth-order valence-corrected chi connectivity index (χ4v) is 6.91. The van der Waals surface area contributed by atoms with Crippen LogP contribution in [0.2, 0.25) is 0 Å². The molecule has 2 aliphatic rings. The summed E-state index contributed by atoms with van der Waals surface area (Å²) in [5, 5.41) is 9.40. The first-order valence-corrected chi connectivity index (χ1v) is 16.4. The second-order valence-corrected chi connectivity index (χ2v) is 12.3. The van der Waals surface area contributed by atoms with Gasteiger partial charge in [-0.2, -0.15) is 5.10 Å². The van der Waals surface area contributed by atoms with Crippen LogP contribution in [0.15, 0.2) is 36.4 Å². The zero-order valence-electron chi connectivity index (χ0n) is 28.0. The summed E-state index contributed by atoms with van der Waals surface area (Å²) in [5.41, 5.74) is 3.12. The van der Waals surface area contributed by atoms with E-state index >= 15 is 0 Å². The molecule has 1 N–H and O–H groups in total. The fraction of sp³-hybridized carbons (Fsp3) is 0.486. The molecule has 0 aliphatic carbocycles. The zero-order chi connectivity index (χ0) is 33.1. The van der Waals surface area contributed by atoms with E-state index in [0.29, 0.717) is 55.7 Å². The molecule has 6 rings (SSSR count). The van der Waals surface area contributed by atoms with Crippen LogP contribution in [-0.4, -0.2) is 104 Å². The molecule has 2 amide bonds. The highest BCUT2D eigenvalue weighted by molar-refractivity contribution is 6.05. The molecule has 0 saturated carbocycles. The third kappa shape index (κ3) is 6.51. The van der Waals surface area contributed by atoms with Gasteiger partial charge < -0.3 is 29.3 Å². The number of anilines is 1. The molecule has 1 unspecified atom stereocenters. The van der Waals surface area contributed by atoms with Crippen molar-refractivity contribution in [2.24, 2.45) is 13.0 Å². The van der Waals surface area contributed by atoms with Crippen LogP contribution in [0.5, 0.6) is 17.2 Å². The first kappa shape index (κ1) is 32.4. The largest absolute Gasteiger partial charge is 0.493 e. The van der Waals surface area contributed by atoms with Gasteiger partial charge in [0.05, 0.1) is 32.4 Å². The van der Waals surface area contributed by atoms with Gasteiger partial charge >= 0.3 is 0 Å². The summed E-state index contributed by atoms with van der Waals surface area (Å²) in [4.78, 5) is 38.8. The van der Waals surface area contributed by atoms with Gasteiger partial charge in [-0.3, -0.25) is 19.2 Å². The van der Waals surface area contributed by atoms with Gasteiger partial charge in [0.15, 0.2) is 17.2 Å². The maximum atomic E-state index is 14.0. The van der Waals surface area contributed by atoms with Crippen LogP contribution in [0.3, 0.4) is 0 Å². The molecule has 2 aromatic heterocycles. The Bertz CT molecular complexity index is 1770. The quantitative estimate of drug-likeness (QED) is 0.347. The minimum Gasteiger partial charge on any atom is -0.493 e. The summed E-state index contributed by atoms with van der Waals surface area (Å²) in [6.45, 7) is 7.13. The Morgan fingerprint density at radius 2 is 1.81 bits per heavy atom. The predicted octanol–water partition coefficient (Wildman–Crippen LogP) is 3.85. The second kappa shape index (κ2) is 14.0. The molecule has 12 heteroatoms. The first-order chi connectivity index (χ1) is 22.8. The average molecular weight is 644 g/mol. The Kier molecular flexibility index (Phi) is 9.67. The lowest BCUT2D eigenvalue weighted by atomic mass is 9.97. The lowest BCUT2D eigenvalue weighted by Crippen LogP contribution is -2.42. The molecule has 250 valence electrons. The van der Waals surface area contributed by atoms with E-state index in [2.05, 4.69) is 33.2 Å². The van der Waals surface area contributed by atoms with Crippen LogP contribution < -0.4 is 24.4 Å². The summed E-state index contributed by atoms with van der Waals surface area (Å²) in [5.74, 6) is 2.64. The average Bonchev–Trinajstić information content (AvgIpc) is 3.44. The van der Waals surface area contributed by atoms with Gasteiger partial charge in [-0.05, 0) is 37.4 Å². The van der Waals surface area contributed by atoms with Gasteiger partial charge in [0.1, 0.15) is 5.82 Å². The first-order valence-electron chi connectivity index (χ1n) is 16.4. The van der Waals surface area contributed by atoms with Gasteiger partial charge in [-0.25, -0.2) is 4.98 Å². The number of pyridine rings is 1. The highest BCUT2D eigenvalue weighted by atomic mass is 16.5. The van der Waals surface area contributed by atoms with Gasteiger partial charge in [0, 0.05) is 81.7 Å². The summed E-state index contributed by atoms with van der Waals surface area (Å²) in [6.07, 6.45) is 2.26. The van der Waals surface area contributed by atoms with Crippen molar-refractivity contribution in [1.29, 1.82) is 0 Å². The number of carbonyl (C=O) groups is 2. The number of nitrogens with one attached hydrogen (secondary N) is 1. The number of carbonyl (C=O) groups excluding carboxylic acids is 2. The molecule has 2 bridgehead atoms. The van der Waals surface area contributed by atoms with E-state index in [-0.39, 0.29) is 24.2 Å². The molecular formula is C35H45N7O5. The van der Waals surface area contributed by atoms with Crippen molar-refractivity contribution in [2.75, 3.05) is 72.0 Å². The number of nitrogens with zero attached hydrogens (tertiary/aromatic N) is 6. The Morgan fingerprint density at radius 1 is 1.00 bits per heavy atom. The number of aromatic nitrogens is 3. The molecule has 1 fully saturated rings. The van der Waals surface area contributed by atoms with E-state index in [1.165, 1.54) is 0 Å². The fourth-order valence-electron chi connectivity index (χ4n) is 6.91. The van der Waals surface area contributed by atoms with Crippen LogP contribution in [0.4, 0.5) is 5.82 Å². The monoisotopic (exact) mass is 643 g/mol. The number of amides is 2. The molecule has 4 aromatic rings. The summed E-state index contributed by atoms with van der Waals surface area (Å²) < 4.78 is 18.9. The number of hydrogen-bond donors (Lipinski definition) is 1. The molecule has 4 heterocycles. The van der Waals surface area contributed by atoms with E-state index < -0.39 is 0 Å². The number of rotatable bonds is 5. The zero-order valence-corrected chi connectivity index (χ0v) is 28.0. The van der Waals surface area contributed by atoms with Gasteiger partial charge in [0.25, 0.3) is 5.91 Å². The normalized spacial score (nSPS) is 18.3. The topological polar surface area (TPSA) is 114 Å². The molecule has 1 atom stereocenters. The SMILES string of the molecule is CCN1CCN(C(=O)c2nn(C)c3ccccc23)CCC(=O)NCC2CCCN(C2)c2nc3cc(OC)c(OC)c(OC)c3cc2C1. The Balaban J connectivity index is 1.39. The molecule has 2 aliphatic heterocycles. The second-order valence-electron chi connectivity index (χ2n) is 12.3. The van der Waals surface area contributed by atoms with Gasteiger partial charge in [-0.1, -0.05) is 25.1 Å². The van der Waals surface area contributed by atoms with Crippen molar-refractivity contribution in [3.63, 3.8) is 0 Å². The number of benzene rings is 2.